The van der Waals surface area contributed by atoms with Gasteiger partial charge in [0.2, 0.25) is 0 Å². The quantitative estimate of drug-likeness (QED) is 0.875. The minimum atomic E-state index is -1.41. The normalized spacial score (nSPS) is 11.8. The number of hydrogen-bond donors (Lipinski definition) is 1. The summed E-state index contributed by atoms with van der Waals surface area (Å²) < 4.78 is 25.8. The first-order valence-electron chi connectivity index (χ1n) is 5.53. The topological polar surface area (TPSA) is 66.9 Å². The van der Waals surface area contributed by atoms with Gasteiger partial charge < -0.3 is 5.73 Å². The van der Waals surface area contributed by atoms with Gasteiger partial charge in [-0.1, -0.05) is 18.2 Å². The highest BCUT2D eigenvalue weighted by molar-refractivity contribution is 7.84. The van der Waals surface area contributed by atoms with Crippen LogP contribution in [0.1, 0.15) is 11.1 Å². The lowest BCUT2D eigenvalue weighted by Gasteiger charge is -2.06. The molecule has 1 atom stereocenters. The third kappa shape index (κ3) is 2.98. The molecule has 0 radical (unpaired) electrons. The van der Waals surface area contributed by atoms with Gasteiger partial charge in [-0.05, 0) is 24.3 Å². The van der Waals surface area contributed by atoms with E-state index in [4.69, 9.17) is 11.0 Å². The van der Waals surface area contributed by atoms with Crippen molar-refractivity contribution >= 4 is 16.5 Å². The largest absolute Gasteiger partial charge is 0.398 e. The van der Waals surface area contributed by atoms with Crippen molar-refractivity contribution in [3.05, 3.63) is 59.4 Å². The lowest BCUT2D eigenvalue weighted by atomic mass is 10.1. The molecule has 0 aliphatic carbocycles. The van der Waals surface area contributed by atoms with Crippen molar-refractivity contribution in [3.8, 4) is 6.07 Å². The average molecular weight is 274 g/mol. The highest BCUT2D eigenvalue weighted by atomic mass is 32.2. The van der Waals surface area contributed by atoms with Crippen LogP contribution in [0.4, 0.5) is 10.1 Å². The second-order valence-electron chi connectivity index (χ2n) is 3.95. The lowest BCUT2D eigenvalue weighted by Crippen LogP contribution is -2.02. The molecule has 5 heteroatoms. The second kappa shape index (κ2) is 5.63. The fraction of sp³-hybridized carbons (Fsp3) is 0.0714. The predicted molar refractivity (Wildman–Crippen MR) is 72.1 cm³/mol. The van der Waals surface area contributed by atoms with Gasteiger partial charge in [-0.15, -0.1) is 0 Å². The Morgan fingerprint density at radius 1 is 1.26 bits per heavy atom. The minimum Gasteiger partial charge on any atom is -0.398 e. The SMILES string of the molecule is N#Cc1ccc(CS(=O)c2ccccc2N)c(F)c1. The van der Waals surface area contributed by atoms with E-state index in [1.165, 1.54) is 12.1 Å². The van der Waals surface area contributed by atoms with E-state index in [1.807, 2.05) is 6.07 Å². The molecule has 2 N–H and O–H groups in total. The van der Waals surface area contributed by atoms with Crippen molar-refractivity contribution in [1.82, 2.24) is 0 Å². The van der Waals surface area contributed by atoms with Gasteiger partial charge >= 0.3 is 0 Å². The summed E-state index contributed by atoms with van der Waals surface area (Å²) in [6.45, 7) is 0. The van der Waals surface area contributed by atoms with Gasteiger partial charge in [0.05, 0.1) is 33.1 Å². The molecule has 96 valence electrons. The molecule has 2 aromatic carbocycles. The molecule has 0 aliphatic rings. The molecule has 19 heavy (non-hydrogen) atoms. The zero-order valence-electron chi connectivity index (χ0n) is 9.97. The van der Waals surface area contributed by atoms with Crippen LogP contribution in [0.2, 0.25) is 0 Å². The Hall–Kier alpha value is -2.19. The van der Waals surface area contributed by atoms with Crippen LogP contribution in [0.3, 0.4) is 0 Å². The van der Waals surface area contributed by atoms with Crippen LogP contribution in [0.25, 0.3) is 0 Å². The van der Waals surface area contributed by atoms with Crippen LogP contribution in [0.5, 0.6) is 0 Å². The molecule has 0 bridgehead atoms. The summed E-state index contributed by atoms with van der Waals surface area (Å²) in [7, 11) is -1.41. The Kier molecular flexibility index (Phi) is 3.93. The fourth-order valence-corrected chi connectivity index (χ4v) is 2.87. The maximum atomic E-state index is 13.7. The number of halogens is 1. The molecular weight excluding hydrogens is 263 g/mol. The predicted octanol–water partition coefficient (Wildman–Crippen LogP) is 2.59. The molecule has 2 rings (SSSR count). The maximum absolute atomic E-state index is 13.7. The number of nitrogen functional groups attached to an aromatic ring is 1. The Morgan fingerprint density at radius 3 is 2.63 bits per heavy atom. The molecule has 0 fully saturated rings. The third-order valence-corrected chi connectivity index (χ3v) is 4.07. The molecule has 0 spiro atoms. The summed E-state index contributed by atoms with van der Waals surface area (Å²) in [6, 6.07) is 12.8. The van der Waals surface area contributed by atoms with Crippen LogP contribution < -0.4 is 5.73 Å². The maximum Gasteiger partial charge on any atom is 0.128 e. The summed E-state index contributed by atoms with van der Waals surface area (Å²) in [4.78, 5) is 0.492. The Morgan fingerprint density at radius 2 is 2.00 bits per heavy atom. The molecule has 3 nitrogen and oxygen atoms in total. The van der Waals surface area contributed by atoms with Gasteiger partial charge in [0.15, 0.2) is 0 Å². The number of anilines is 1. The zero-order chi connectivity index (χ0) is 13.8. The van der Waals surface area contributed by atoms with Gasteiger partial charge in [-0.3, -0.25) is 4.21 Å². The Labute approximate surface area is 112 Å². The monoisotopic (exact) mass is 274 g/mol. The average Bonchev–Trinajstić information content (AvgIpc) is 2.41. The van der Waals surface area contributed by atoms with Crippen LogP contribution in [-0.4, -0.2) is 4.21 Å². The van der Waals surface area contributed by atoms with Crippen molar-refractivity contribution in [2.24, 2.45) is 0 Å². The highest BCUT2D eigenvalue weighted by Gasteiger charge is 2.11. The number of nitrogens with zero attached hydrogens (tertiary/aromatic N) is 1. The molecule has 0 aromatic heterocycles. The summed E-state index contributed by atoms with van der Waals surface area (Å²) >= 11 is 0. The van der Waals surface area contributed by atoms with E-state index in [-0.39, 0.29) is 11.3 Å². The van der Waals surface area contributed by atoms with Gasteiger partial charge in [0, 0.05) is 11.3 Å². The molecule has 0 aliphatic heterocycles. The number of benzene rings is 2. The summed E-state index contributed by atoms with van der Waals surface area (Å²) in [5.41, 5.74) is 6.70. The summed E-state index contributed by atoms with van der Waals surface area (Å²) in [6.07, 6.45) is 0. The molecule has 0 saturated carbocycles. The van der Waals surface area contributed by atoms with E-state index in [0.717, 1.165) is 6.07 Å². The van der Waals surface area contributed by atoms with Crippen molar-refractivity contribution in [3.63, 3.8) is 0 Å². The molecule has 0 heterocycles. The Balaban J connectivity index is 2.25. The molecule has 1 unspecified atom stereocenters. The van der Waals surface area contributed by atoms with Gasteiger partial charge in [-0.25, -0.2) is 4.39 Å². The summed E-state index contributed by atoms with van der Waals surface area (Å²) in [5.74, 6) is -0.493. The first-order valence-corrected chi connectivity index (χ1v) is 6.85. The fourth-order valence-electron chi connectivity index (χ4n) is 1.64. The third-order valence-electron chi connectivity index (χ3n) is 2.63. The van der Waals surface area contributed by atoms with Gasteiger partial charge in [0.1, 0.15) is 5.82 Å². The van der Waals surface area contributed by atoms with E-state index < -0.39 is 16.6 Å². The van der Waals surface area contributed by atoms with E-state index in [2.05, 4.69) is 0 Å². The van der Waals surface area contributed by atoms with Crippen molar-refractivity contribution in [2.45, 2.75) is 10.6 Å². The number of para-hydroxylation sites is 1. The van der Waals surface area contributed by atoms with Gasteiger partial charge in [-0.2, -0.15) is 5.26 Å². The minimum absolute atomic E-state index is 0.0335. The molecule has 0 saturated heterocycles. The molecular formula is C14H11FN2OS. The van der Waals surface area contributed by atoms with Crippen molar-refractivity contribution in [2.75, 3.05) is 5.73 Å². The molecule has 0 amide bonds. The second-order valence-corrected chi connectivity index (χ2v) is 5.37. The van der Waals surface area contributed by atoms with E-state index in [1.54, 1.807) is 24.3 Å². The number of nitriles is 1. The first kappa shape index (κ1) is 13.2. The number of rotatable bonds is 3. The molecule has 2 aromatic rings. The number of nitrogens with two attached hydrogens (primary N) is 1. The van der Waals surface area contributed by atoms with E-state index in [0.29, 0.717) is 16.1 Å². The number of hydrogen-bond acceptors (Lipinski definition) is 3. The van der Waals surface area contributed by atoms with Crippen LogP contribution >= 0.6 is 0 Å². The standard InChI is InChI=1S/C14H11FN2OS/c15-12-7-10(8-16)5-6-11(12)9-19(18)14-4-2-1-3-13(14)17/h1-7H,9,17H2. The zero-order valence-corrected chi connectivity index (χ0v) is 10.8. The smallest absolute Gasteiger partial charge is 0.128 e. The van der Waals surface area contributed by atoms with Crippen molar-refractivity contribution in [1.29, 1.82) is 5.26 Å². The summed E-state index contributed by atoms with van der Waals surface area (Å²) in [5, 5.41) is 8.66. The van der Waals surface area contributed by atoms with E-state index in [9.17, 15) is 8.60 Å². The van der Waals surface area contributed by atoms with Crippen molar-refractivity contribution < 1.29 is 8.60 Å². The van der Waals surface area contributed by atoms with E-state index >= 15 is 0 Å². The highest BCUT2D eigenvalue weighted by Crippen LogP contribution is 2.20. The van der Waals surface area contributed by atoms with Gasteiger partial charge in [0.25, 0.3) is 0 Å². The van der Waals surface area contributed by atoms with Crippen LogP contribution in [0.15, 0.2) is 47.4 Å². The van der Waals surface area contributed by atoms with Crippen LogP contribution in [0, 0.1) is 17.1 Å². The lowest BCUT2D eigenvalue weighted by molar-refractivity contribution is 0.614. The Bertz CT molecular complexity index is 679. The van der Waals surface area contributed by atoms with Crippen LogP contribution in [-0.2, 0) is 16.6 Å². The first-order chi connectivity index (χ1) is 9.11.